The fraction of sp³-hybridized carbons (Fsp3) is 0.955. The molecule has 0 aliphatic heterocycles. The normalized spacial score (nSPS) is 11.7. The Morgan fingerprint density at radius 2 is 1.15 bits per heavy atom. The van der Waals surface area contributed by atoms with E-state index in [0.717, 1.165) is 12.8 Å². The van der Waals surface area contributed by atoms with Gasteiger partial charge in [-0.2, -0.15) is 0 Å². The van der Waals surface area contributed by atoms with E-state index in [2.05, 4.69) is 6.92 Å². The predicted octanol–water partition coefficient (Wildman–Crippen LogP) is 4.85. The van der Waals surface area contributed by atoms with Crippen LogP contribution in [-0.2, 0) is 9.53 Å². The molecule has 0 spiro atoms. The Morgan fingerprint density at radius 1 is 0.704 bits per heavy atom. The first-order valence-corrected chi connectivity index (χ1v) is 11.3. The maximum absolute atomic E-state index is 11.6. The van der Waals surface area contributed by atoms with Crippen molar-refractivity contribution in [1.29, 1.82) is 0 Å². The van der Waals surface area contributed by atoms with Crippen molar-refractivity contribution < 1.29 is 24.9 Å². The molecule has 162 valence electrons. The van der Waals surface area contributed by atoms with Gasteiger partial charge in [0.1, 0.15) is 0 Å². The highest BCUT2D eigenvalue weighted by atomic mass is 16.6. The van der Waals surface area contributed by atoms with Gasteiger partial charge in [0.25, 0.3) is 5.79 Å². The molecule has 0 unspecified atom stereocenters. The summed E-state index contributed by atoms with van der Waals surface area (Å²) in [6.07, 6.45) is 18.3. The SMILES string of the molecule is CCCCCCCCCCCCCCCCC(O)(O)C(=O)OCCCCO. The van der Waals surface area contributed by atoms with Crippen molar-refractivity contribution in [3.05, 3.63) is 0 Å². The summed E-state index contributed by atoms with van der Waals surface area (Å²) in [5.74, 6) is -3.36. The lowest BCUT2D eigenvalue weighted by atomic mass is 10.0. The Bertz CT molecular complexity index is 331. The number of hydrogen-bond donors (Lipinski definition) is 3. The number of rotatable bonds is 20. The molecule has 3 N–H and O–H groups in total. The molecule has 0 bridgehead atoms. The van der Waals surface area contributed by atoms with Crippen LogP contribution in [0.3, 0.4) is 0 Å². The van der Waals surface area contributed by atoms with E-state index in [-0.39, 0.29) is 19.6 Å². The number of carbonyl (C=O) groups is 1. The molecule has 0 rings (SSSR count). The zero-order chi connectivity index (χ0) is 20.2. The second-order valence-electron chi connectivity index (χ2n) is 7.73. The predicted molar refractivity (Wildman–Crippen MR) is 109 cm³/mol. The Morgan fingerprint density at radius 3 is 1.59 bits per heavy atom. The third kappa shape index (κ3) is 17.2. The van der Waals surface area contributed by atoms with Crippen LogP contribution in [0.25, 0.3) is 0 Å². The minimum atomic E-state index is -2.38. The zero-order valence-corrected chi connectivity index (χ0v) is 17.6. The van der Waals surface area contributed by atoms with Gasteiger partial charge in [-0.3, -0.25) is 0 Å². The lowest BCUT2D eigenvalue weighted by molar-refractivity contribution is -0.212. The van der Waals surface area contributed by atoms with Crippen LogP contribution >= 0.6 is 0 Å². The number of hydrogen-bond acceptors (Lipinski definition) is 5. The van der Waals surface area contributed by atoms with Crippen LogP contribution in [0, 0.1) is 0 Å². The summed E-state index contributed by atoms with van der Waals surface area (Å²) in [6, 6.07) is 0. The maximum Gasteiger partial charge on any atom is 0.366 e. The highest BCUT2D eigenvalue weighted by molar-refractivity contribution is 5.77. The van der Waals surface area contributed by atoms with Crippen molar-refractivity contribution in [2.24, 2.45) is 0 Å². The van der Waals surface area contributed by atoms with Gasteiger partial charge in [0.15, 0.2) is 0 Å². The molecule has 0 aromatic heterocycles. The van der Waals surface area contributed by atoms with Gasteiger partial charge in [-0.15, -0.1) is 0 Å². The Hall–Kier alpha value is -0.650. The topological polar surface area (TPSA) is 87.0 Å². The van der Waals surface area contributed by atoms with Gasteiger partial charge in [-0.05, 0) is 19.3 Å². The van der Waals surface area contributed by atoms with Crippen molar-refractivity contribution in [3.8, 4) is 0 Å². The number of ether oxygens (including phenoxy) is 1. The number of unbranched alkanes of at least 4 members (excludes halogenated alkanes) is 14. The summed E-state index contributed by atoms with van der Waals surface area (Å²) in [6.45, 7) is 2.40. The van der Waals surface area contributed by atoms with Crippen LogP contribution < -0.4 is 0 Å². The smallest absolute Gasteiger partial charge is 0.366 e. The van der Waals surface area contributed by atoms with E-state index in [1.54, 1.807) is 0 Å². The number of carbonyl (C=O) groups excluding carboxylic acids is 1. The van der Waals surface area contributed by atoms with E-state index in [9.17, 15) is 15.0 Å². The first kappa shape index (κ1) is 26.4. The molecule has 0 aliphatic rings. The van der Waals surface area contributed by atoms with Crippen LogP contribution in [-0.4, -0.2) is 40.3 Å². The van der Waals surface area contributed by atoms with Crippen LogP contribution in [0.2, 0.25) is 0 Å². The molecular formula is C22H44O5. The summed E-state index contributed by atoms with van der Waals surface area (Å²) in [5.41, 5.74) is 0. The third-order valence-corrected chi connectivity index (χ3v) is 4.99. The van der Waals surface area contributed by atoms with E-state index < -0.39 is 11.8 Å². The van der Waals surface area contributed by atoms with Crippen molar-refractivity contribution in [1.82, 2.24) is 0 Å². The lowest BCUT2D eigenvalue weighted by Crippen LogP contribution is -2.40. The van der Waals surface area contributed by atoms with Gasteiger partial charge in [-0.1, -0.05) is 90.4 Å². The molecule has 0 aromatic rings. The molecule has 0 aromatic carbocycles. The fourth-order valence-electron chi connectivity index (χ4n) is 3.16. The Balaban J connectivity index is 3.40. The molecule has 0 saturated heterocycles. The largest absolute Gasteiger partial charge is 0.462 e. The summed E-state index contributed by atoms with van der Waals surface area (Å²) >= 11 is 0. The second kappa shape index (κ2) is 18.7. The summed E-state index contributed by atoms with van der Waals surface area (Å²) in [5, 5.41) is 28.2. The van der Waals surface area contributed by atoms with Gasteiger partial charge >= 0.3 is 5.97 Å². The standard InChI is InChI=1S/C22H44O5/c1-2-3-4-5-6-7-8-9-10-11-12-13-14-15-18-22(25,26)21(24)27-20-17-16-19-23/h23,25-26H,2-20H2,1H3. The van der Waals surface area contributed by atoms with Gasteiger partial charge in [0.05, 0.1) is 6.61 Å². The second-order valence-corrected chi connectivity index (χ2v) is 7.73. The summed E-state index contributed by atoms with van der Waals surface area (Å²) in [4.78, 5) is 11.6. The molecule has 27 heavy (non-hydrogen) atoms. The molecule has 0 heterocycles. The van der Waals surface area contributed by atoms with E-state index in [1.165, 1.54) is 70.6 Å². The number of aliphatic hydroxyl groups is 3. The van der Waals surface area contributed by atoms with Crippen molar-refractivity contribution in [2.45, 2.75) is 122 Å². The first-order chi connectivity index (χ1) is 13.0. The molecule has 0 aliphatic carbocycles. The molecule has 0 amide bonds. The minimum Gasteiger partial charge on any atom is -0.462 e. The molecule has 0 saturated carbocycles. The average Bonchev–Trinajstić information content (AvgIpc) is 2.65. The van der Waals surface area contributed by atoms with E-state index in [0.29, 0.717) is 19.3 Å². The molecule has 5 nitrogen and oxygen atoms in total. The molecule has 0 radical (unpaired) electrons. The van der Waals surface area contributed by atoms with Gasteiger partial charge in [0, 0.05) is 13.0 Å². The van der Waals surface area contributed by atoms with Gasteiger partial charge in [-0.25, -0.2) is 4.79 Å². The number of esters is 1. The van der Waals surface area contributed by atoms with E-state index >= 15 is 0 Å². The van der Waals surface area contributed by atoms with Crippen molar-refractivity contribution >= 4 is 5.97 Å². The highest BCUT2D eigenvalue weighted by Crippen LogP contribution is 2.17. The van der Waals surface area contributed by atoms with E-state index in [4.69, 9.17) is 9.84 Å². The van der Waals surface area contributed by atoms with E-state index in [1.807, 2.05) is 0 Å². The Labute approximate surface area is 166 Å². The third-order valence-electron chi connectivity index (χ3n) is 4.99. The highest BCUT2D eigenvalue weighted by Gasteiger charge is 2.34. The van der Waals surface area contributed by atoms with Crippen LogP contribution in [0.5, 0.6) is 0 Å². The minimum absolute atomic E-state index is 0.0177. The fourth-order valence-corrected chi connectivity index (χ4v) is 3.16. The van der Waals surface area contributed by atoms with Crippen molar-refractivity contribution in [3.63, 3.8) is 0 Å². The van der Waals surface area contributed by atoms with Gasteiger partial charge in [0.2, 0.25) is 0 Å². The maximum atomic E-state index is 11.6. The van der Waals surface area contributed by atoms with Crippen LogP contribution in [0.4, 0.5) is 0 Å². The quantitative estimate of drug-likeness (QED) is 0.158. The van der Waals surface area contributed by atoms with Gasteiger partial charge < -0.3 is 20.1 Å². The molecule has 5 heteroatoms. The first-order valence-electron chi connectivity index (χ1n) is 11.3. The molecule has 0 atom stereocenters. The summed E-state index contributed by atoms with van der Waals surface area (Å²) < 4.78 is 4.83. The van der Waals surface area contributed by atoms with Crippen LogP contribution in [0.1, 0.15) is 116 Å². The van der Waals surface area contributed by atoms with Crippen LogP contribution in [0.15, 0.2) is 0 Å². The summed E-state index contributed by atoms with van der Waals surface area (Å²) in [7, 11) is 0. The van der Waals surface area contributed by atoms with Crippen molar-refractivity contribution in [2.75, 3.05) is 13.2 Å². The zero-order valence-electron chi connectivity index (χ0n) is 17.6. The number of aliphatic hydroxyl groups excluding tert-OH is 1. The lowest BCUT2D eigenvalue weighted by Gasteiger charge is -2.19. The molecule has 0 fully saturated rings. The monoisotopic (exact) mass is 388 g/mol. The Kier molecular flexibility index (Phi) is 18.3. The molecular weight excluding hydrogens is 344 g/mol. The average molecular weight is 389 g/mol.